The van der Waals surface area contributed by atoms with E-state index in [-0.39, 0.29) is 11.4 Å². The highest BCUT2D eigenvalue weighted by Crippen LogP contribution is 2.46. The van der Waals surface area contributed by atoms with Gasteiger partial charge < -0.3 is 29.7 Å². The van der Waals surface area contributed by atoms with Gasteiger partial charge in [0, 0.05) is 17.7 Å². The second-order valence-corrected chi connectivity index (χ2v) is 7.28. The smallest absolute Gasteiger partial charge is 0.270 e. The number of aliphatic hydroxyl groups excluding tert-OH is 1. The third-order valence-electron chi connectivity index (χ3n) is 5.28. The van der Waals surface area contributed by atoms with Crippen molar-refractivity contribution in [3.8, 4) is 11.5 Å². The number of nitrogens with zero attached hydrogens (tertiary/aromatic N) is 1. The SMILES string of the molecule is C[C@@]1(C2OCCCO2)Oc2ccc([N+](=O)[O-])cc2[C@H](Nc2ccccc2O)[C@H]1O. The van der Waals surface area contributed by atoms with Crippen molar-refractivity contribution in [2.24, 2.45) is 0 Å². The van der Waals surface area contributed by atoms with Gasteiger partial charge in [-0.15, -0.1) is 0 Å². The summed E-state index contributed by atoms with van der Waals surface area (Å²) in [5, 5.41) is 35.8. The predicted octanol–water partition coefficient (Wildman–Crippen LogP) is 2.73. The van der Waals surface area contributed by atoms with Crippen LogP contribution in [0.4, 0.5) is 11.4 Å². The number of para-hydroxylation sites is 2. The Hall–Kier alpha value is -2.88. The summed E-state index contributed by atoms with van der Waals surface area (Å²) >= 11 is 0. The molecule has 9 nitrogen and oxygen atoms in total. The van der Waals surface area contributed by atoms with Crippen LogP contribution < -0.4 is 10.1 Å². The van der Waals surface area contributed by atoms with Crippen LogP contribution in [-0.2, 0) is 9.47 Å². The molecule has 2 aromatic carbocycles. The zero-order chi connectivity index (χ0) is 20.6. The largest absolute Gasteiger partial charge is 0.506 e. The number of nitro benzene ring substituents is 1. The number of phenolic OH excluding ortho intramolecular Hbond substituents is 1. The van der Waals surface area contributed by atoms with E-state index in [9.17, 15) is 20.3 Å². The maximum atomic E-state index is 11.3. The fraction of sp³-hybridized carbons (Fsp3) is 0.400. The number of nitrogens with one attached hydrogen (secondary N) is 1. The Balaban J connectivity index is 1.78. The molecule has 1 saturated heterocycles. The van der Waals surface area contributed by atoms with Gasteiger partial charge in [-0.2, -0.15) is 0 Å². The summed E-state index contributed by atoms with van der Waals surface area (Å²) in [5.41, 5.74) is -0.615. The molecule has 0 aliphatic carbocycles. The third kappa shape index (κ3) is 3.48. The Morgan fingerprint density at radius 2 is 1.93 bits per heavy atom. The molecule has 0 spiro atoms. The Bertz CT molecular complexity index is 915. The van der Waals surface area contributed by atoms with E-state index in [1.54, 1.807) is 25.1 Å². The molecule has 2 aromatic rings. The fourth-order valence-corrected chi connectivity index (χ4v) is 3.71. The summed E-state index contributed by atoms with van der Waals surface area (Å²) < 4.78 is 17.5. The monoisotopic (exact) mass is 402 g/mol. The second kappa shape index (κ2) is 7.51. The van der Waals surface area contributed by atoms with Gasteiger partial charge in [0.15, 0.2) is 11.9 Å². The molecule has 1 fully saturated rings. The number of hydrogen-bond acceptors (Lipinski definition) is 8. The van der Waals surface area contributed by atoms with E-state index in [1.165, 1.54) is 24.3 Å². The average Bonchev–Trinajstić information content (AvgIpc) is 2.73. The van der Waals surface area contributed by atoms with E-state index in [2.05, 4.69) is 5.32 Å². The molecule has 0 saturated carbocycles. The Kier molecular flexibility index (Phi) is 5.03. The maximum absolute atomic E-state index is 11.3. The number of aliphatic hydroxyl groups is 1. The lowest BCUT2D eigenvalue weighted by atomic mass is 9.84. The minimum absolute atomic E-state index is 0.00922. The first-order valence-corrected chi connectivity index (χ1v) is 9.33. The number of phenols is 1. The molecule has 0 radical (unpaired) electrons. The van der Waals surface area contributed by atoms with Crippen LogP contribution in [0.15, 0.2) is 42.5 Å². The van der Waals surface area contributed by atoms with Gasteiger partial charge in [-0.25, -0.2) is 0 Å². The van der Waals surface area contributed by atoms with Gasteiger partial charge in [0.2, 0.25) is 0 Å². The highest BCUT2D eigenvalue weighted by atomic mass is 16.7. The number of aromatic hydroxyl groups is 1. The van der Waals surface area contributed by atoms with Crippen molar-refractivity contribution < 1.29 is 29.3 Å². The van der Waals surface area contributed by atoms with E-state index in [1.807, 2.05) is 0 Å². The van der Waals surface area contributed by atoms with Gasteiger partial charge in [-0.3, -0.25) is 10.1 Å². The number of hydrogen-bond donors (Lipinski definition) is 3. The molecule has 0 amide bonds. The van der Waals surface area contributed by atoms with Crippen molar-refractivity contribution in [1.29, 1.82) is 0 Å². The maximum Gasteiger partial charge on any atom is 0.270 e. The number of nitro groups is 1. The quantitative estimate of drug-likeness (QED) is 0.405. The normalized spacial score (nSPS) is 27.0. The number of benzene rings is 2. The average molecular weight is 402 g/mol. The van der Waals surface area contributed by atoms with Gasteiger partial charge in [0.05, 0.1) is 29.9 Å². The van der Waals surface area contributed by atoms with Crippen molar-refractivity contribution in [1.82, 2.24) is 0 Å². The summed E-state index contributed by atoms with van der Waals surface area (Å²) in [6.45, 7) is 2.62. The van der Waals surface area contributed by atoms with Gasteiger partial charge >= 0.3 is 0 Å². The zero-order valence-electron chi connectivity index (χ0n) is 15.8. The number of anilines is 1. The number of ether oxygens (including phenoxy) is 3. The van der Waals surface area contributed by atoms with Gasteiger partial charge in [-0.05, 0) is 31.5 Å². The highest BCUT2D eigenvalue weighted by molar-refractivity contribution is 5.59. The van der Waals surface area contributed by atoms with E-state index in [0.29, 0.717) is 30.2 Å². The topological polar surface area (TPSA) is 123 Å². The fourth-order valence-electron chi connectivity index (χ4n) is 3.71. The molecule has 154 valence electrons. The van der Waals surface area contributed by atoms with Crippen LogP contribution in [0, 0.1) is 10.1 Å². The summed E-state index contributed by atoms with van der Waals surface area (Å²) in [6, 6.07) is 9.96. The summed E-state index contributed by atoms with van der Waals surface area (Å²) in [4.78, 5) is 10.8. The molecule has 29 heavy (non-hydrogen) atoms. The van der Waals surface area contributed by atoms with Crippen molar-refractivity contribution in [2.45, 2.75) is 37.4 Å². The second-order valence-electron chi connectivity index (χ2n) is 7.28. The number of rotatable bonds is 4. The summed E-state index contributed by atoms with van der Waals surface area (Å²) in [7, 11) is 0. The minimum Gasteiger partial charge on any atom is -0.506 e. The molecule has 3 N–H and O–H groups in total. The van der Waals surface area contributed by atoms with Crippen LogP contribution in [0.2, 0.25) is 0 Å². The van der Waals surface area contributed by atoms with Crippen LogP contribution in [0.1, 0.15) is 24.9 Å². The van der Waals surface area contributed by atoms with Crippen LogP contribution in [0.25, 0.3) is 0 Å². The molecular formula is C20H22N2O7. The molecule has 3 atom stereocenters. The summed E-state index contributed by atoms with van der Waals surface area (Å²) in [5.74, 6) is 0.360. The minimum atomic E-state index is -1.27. The van der Waals surface area contributed by atoms with Crippen LogP contribution in [0.3, 0.4) is 0 Å². The Labute approximate surface area is 167 Å². The van der Waals surface area contributed by atoms with E-state index < -0.39 is 29.0 Å². The van der Waals surface area contributed by atoms with Crippen LogP contribution in [0.5, 0.6) is 11.5 Å². The van der Waals surface area contributed by atoms with Crippen molar-refractivity contribution in [2.75, 3.05) is 18.5 Å². The molecule has 2 heterocycles. The van der Waals surface area contributed by atoms with Crippen molar-refractivity contribution in [3.63, 3.8) is 0 Å². The molecular weight excluding hydrogens is 380 g/mol. The zero-order valence-corrected chi connectivity index (χ0v) is 15.8. The molecule has 0 unspecified atom stereocenters. The first kappa shape index (κ1) is 19.4. The lowest BCUT2D eigenvalue weighted by Crippen LogP contribution is -2.62. The molecule has 2 aliphatic rings. The Morgan fingerprint density at radius 1 is 1.21 bits per heavy atom. The molecule has 2 aliphatic heterocycles. The van der Waals surface area contributed by atoms with E-state index in [4.69, 9.17) is 14.2 Å². The molecule has 4 rings (SSSR count). The molecule has 0 bridgehead atoms. The highest BCUT2D eigenvalue weighted by Gasteiger charge is 2.53. The third-order valence-corrected chi connectivity index (χ3v) is 5.28. The van der Waals surface area contributed by atoms with Crippen LogP contribution >= 0.6 is 0 Å². The van der Waals surface area contributed by atoms with Gasteiger partial charge in [-0.1, -0.05) is 12.1 Å². The lowest BCUT2D eigenvalue weighted by Gasteiger charge is -2.48. The summed E-state index contributed by atoms with van der Waals surface area (Å²) in [6.07, 6.45) is -1.27. The first-order chi connectivity index (χ1) is 13.9. The van der Waals surface area contributed by atoms with E-state index in [0.717, 1.165) is 6.42 Å². The van der Waals surface area contributed by atoms with Crippen molar-refractivity contribution in [3.05, 3.63) is 58.1 Å². The van der Waals surface area contributed by atoms with E-state index >= 15 is 0 Å². The predicted molar refractivity (Wildman–Crippen MR) is 103 cm³/mol. The van der Waals surface area contributed by atoms with Crippen LogP contribution in [-0.4, -0.2) is 46.3 Å². The standard InChI is InChI=1S/C20H22N2O7/c1-20(19-27-9-4-10-28-19)18(24)17(21-14-5-2-3-6-15(14)23)13-11-12(22(25)26)7-8-16(13)29-20/h2-3,5-8,11,17-19,21,23-24H,4,9-10H2,1H3/t17-,18+,20+/m0/s1. The number of non-ortho nitro benzene ring substituents is 1. The molecule has 9 heteroatoms. The lowest BCUT2D eigenvalue weighted by molar-refractivity contribution is -0.385. The van der Waals surface area contributed by atoms with Gasteiger partial charge in [0.1, 0.15) is 17.6 Å². The number of fused-ring (bicyclic) bond motifs is 1. The first-order valence-electron chi connectivity index (χ1n) is 9.33. The van der Waals surface area contributed by atoms with Gasteiger partial charge in [0.25, 0.3) is 5.69 Å². The molecule has 0 aromatic heterocycles. The Morgan fingerprint density at radius 3 is 2.62 bits per heavy atom. The van der Waals surface area contributed by atoms with Crippen molar-refractivity contribution >= 4 is 11.4 Å².